The Morgan fingerprint density at radius 1 is 1.32 bits per heavy atom. The molecule has 0 aromatic heterocycles. The summed E-state index contributed by atoms with van der Waals surface area (Å²) in [7, 11) is 0. The van der Waals surface area contributed by atoms with Gasteiger partial charge in [0.2, 0.25) is 6.08 Å². The van der Waals surface area contributed by atoms with E-state index in [1.807, 2.05) is 6.08 Å². The van der Waals surface area contributed by atoms with Crippen molar-refractivity contribution in [2.75, 3.05) is 0 Å². The van der Waals surface area contributed by atoms with E-state index < -0.39 is 0 Å². The molecule has 3 rings (SSSR count). The monoisotopic (exact) mass is 299 g/mol. The quantitative estimate of drug-likeness (QED) is 0.508. The van der Waals surface area contributed by atoms with Crippen molar-refractivity contribution in [1.29, 1.82) is 0 Å². The van der Waals surface area contributed by atoms with Crippen LogP contribution >= 0.6 is 0 Å². The Labute approximate surface area is 134 Å². The molecule has 0 unspecified atom stereocenters. The molecule has 0 aromatic carbocycles. The van der Waals surface area contributed by atoms with Crippen molar-refractivity contribution >= 4 is 6.08 Å². The Hall–Kier alpha value is -1.14. The van der Waals surface area contributed by atoms with Gasteiger partial charge in [0.05, 0.1) is 5.54 Å². The number of hydrogen-bond acceptors (Lipinski definition) is 2. The predicted octanol–water partition coefficient (Wildman–Crippen LogP) is 5.21. The maximum Gasteiger partial charge on any atom is 0.235 e. The van der Waals surface area contributed by atoms with Gasteiger partial charge in [-0.05, 0) is 67.8 Å². The second-order valence-corrected chi connectivity index (χ2v) is 8.38. The highest BCUT2D eigenvalue weighted by atomic mass is 16.1. The van der Waals surface area contributed by atoms with Crippen LogP contribution in [0.4, 0.5) is 0 Å². The molecular weight excluding hydrogens is 270 g/mol. The number of hydrogen-bond donors (Lipinski definition) is 0. The largest absolute Gasteiger partial charge is 0.235 e. The summed E-state index contributed by atoms with van der Waals surface area (Å²) in [5, 5.41) is 0. The number of allylic oxidation sites excluding steroid dienone is 4. The van der Waals surface area contributed by atoms with Crippen LogP contribution in [0.25, 0.3) is 0 Å². The van der Waals surface area contributed by atoms with Crippen molar-refractivity contribution in [3.63, 3.8) is 0 Å². The number of carbonyl (C=O) groups excluding carboxylic acids is 1. The van der Waals surface area contributed by atoms with Gasteiger partial charge in [-0.3, -0.25) is 0 Å². The zero-order valence-corrected chi connectivity index (χ0v) is 14.5. The number of isocyanates is 1. The van der Waals surface area contributed by atoms with Gasteiger partial charge in [-0.15, -0.1) is 0 Å². The van der Waals surface area contributed by atoms with Gasteiger partial charge < -0.3 is 0 Å². The molecule has 3 aliphatic rings. The fourth-order valence-corrected chi connectivity index (χ4v) is 5.61. The number of aliphatic imine (C=N–C) groups is 1. The lowest BCUT2D eigenvalue weighted by Crippen LogP contribution is -2.53. The smallest absolute Gasteiger partial charge is 0.211 e. The Morgan fingerprint density at radius 2 is 2.09 bits per heavy atom. The van der Waals surface area contributed by atoms with Crippen LogP contribution in [0, 0.1) is 23.2 Å². The van der Waals surface area contributed by atoms with Gasteiger partial charge in [-0.2, -0.15) is 4.99 Å². The molecule has 0 N–H and O–H groups in total. The first-order chi connectivity index (χ1) is 10.4. The molecule has 0 spiro atoms. The second kappa shape index (κ2) is 5.49. The van der Waals surface area contributed by atoms with Crippen molar-refractivity contribution in [2.24, 2.45) is 28.2 Å². The standard InChI is InChI=1S/C20H29NO/c1-14(2)15-6-8-17-16(12-15)7-9-18-19(17,3)10-5-11-20(18,4)21-13-22/h6,12,14,17-18H,5,7-11H2,1-4H3/t17-,18+,19+,20+/m0/s1. The van der Waals surface area contributed by atoms with Gasteiger partial charge in [0.1, 0.15) is 0 Å². The van der Waals surface area contributed by atoms with Crippen molar-refractivity contribution < 1.29 is 4.79 Å². The summed E-state index contributed by atoms with van der Waals surface area (Å²) in [6, 6.07) is 0. The number of fused-ring (bicyclic) bond motifs is 3. The number of rotatable bonds is 2. The van der Waals surface area contributed by atoms with Crippen molar-refractivity contribution in [3.8, 4) is 0 Å². The van der Waals surface area contributed by atoms with Crippen LogP contribution in [0.1, 0.15) is 66.2 Å². The Bertz CT molecular complexity index is 566. The van der Waals surface area contributed by atoms with E-state index >= 15 is 0 Å². The molecule has 0 amide bonds. The number of nitrogens with zero attached hydrogens (tertiary/aromatic N) is 1. The molecule has 0 heterocycles. The fraction of sp³-hybridized carbons (Fsp3) is 0.750. The maximum atomic E-state index is 10.9. The molecular formula is C20H29NO. The summed E-state index contributed by atoms with van der Waals surface area (Å²) in [5.41, 5.74) is 3.26. The van der Waals surface area contributed by atoms with Gasteiger partial charge in [0.15, 0.2) is 0 Å². The molecule has 0 aromatic rings. The molecule has 120 valence electrons. The van der Waals surface area contributed by atoms with Crippen LogP contribution in [0.5, 0.6) is 0 Å². The Morgan fingerprint density at radius 3 is 2.77 bits per heavy atom. The first-order valence-corrected chi connectivity index (χ1v) is 8.90. The third kappa shape index (κ3) is 2.33. The summed E-state index contributed by atoms with van der Waals surface area (Å²) in [5.74, 6) is 1.79. The van der Waals surface area contributed by atoms with Crippen LogP contribution in [0.15, 0.2) is 28.3 Å². The first kappa shape index (κ1) is 15.7. The van der Waals surface area contributed by atoms with E-state index in [4.69, 9.17) is 0 Å². The van der Waals surface area contributed by atoms with E-state index in [9.17, 15) is 4.79 Å². The zero-order valence-electron chi connectivity index (χ0n) is 14.5. The van der Waals surface area contributed by atoms with Gasteiger partial charge in [-0.1, -0.05) is 44.9 Å². The van der Waals surface area contributed by atoms with E-state index in [1.165, 1.54) is 37.7 Å². The minimum atomic E-state index is -0.192. The van der Waals surface area contributed by atoms with Gasteiger partial charge in [-0.25, -0.2) is 4.79 Å². The summed E-state index contributed by atoms with van der Waals surface area (Å²) in [6.45, 7) is 9.22. The third-order valence-corrected chi connectivity index (χ3v) is 6.82. The van der Waals surface area contributed by atoms with E-state index in [1.54, 1.807) is 5.57 Å². The topological polar surface area (TPSA) is 29.4 Å². The molecule has 4 atom stereocenters. The van der Waals surface area contributed by atoms with Crippen LogP contribution in [-0.4, -0.2) is 11.6 Å². The summed E-state index contributed by atoms with van der Waals surface area (Å²) in [6.07, 6.45) is 13.8. The molecule has 22 heavy (non-hydrogen) atoms. The summed E-state index contributed by atoms with van der Waals surface area (Å²) in [4.78, 5) is 15.2. The average Bonchev–Trinajstić information content (AvgIpc) is 2.46. The molecule has 2 fully saturated rings. The van der Waals surface area contributed by atoms with E-state index in [2.05, 4.69) is 44.8 Å². The highest BCUT2D eigenvalue weighted by molar-refractivity contribution is 5.37. The zero-order chi connectivity index (χ0) is 16.0. The highest BCUT2D eigenvalue weighted by Gasteiger charge is 2.55. The summed E-state index contributed by atoms with van der Waals surface area (Å²) < 4.78 is 0. The molecule has 2 heteroatoms. The van der Waals surface area contributed by atoms with Crippen molar-refractivity contribution in [3.05, 3.63) is 23.3 Å². The van der Waals surface area contributed by atoms with Crippen LogP contribution in [0.2, 0.25) is 0 Å². The lowest BCUT2D eigenvalue weighted by molar-refractivity contribution is -0.0170. The third-order valence-electron chi connectivity index (χ3n) is 6.82. The van der Waals surface area contributed by atoms with Crippen LogP contribution < -0.4 is 0 Å². The van der Waals surface area contributed by atoms with E-state index in [-0.39, 0.29) is 11.0 Å². The Balaban J connectivity index is 1.95. The van der Waals surface area contributed by atoms with E-state index in [0.717, 1.165) is 6.42 Å². The highest BCUT2D eigenvalue weighted by Crippen LogP contribution is 2.61. The molecule has 0 saturated heterocycles. The first-order valence-electron chi connectivity index (χ1n) is 8.90. The van der Waals surface area contributed by atoms with Gasteiger partial charge in [0, 0.05) is 0 Å². The SMILES string of the molecule is CC(C)C1=CC[C@H]2C(=C1)CC[C@@H]1[C@]2(C)CCC[C@@]1(C)N=C=O. The van der Waals surface area contributed by atoms with Gasteiger partial charge >= 0.3 is 0 Å². The lowest BCUT2D eigenvalue weighted by Gasteiger charge is -2.57. The molecule has 2 nitrogen and oxygen atoms in total. The van der Waals surface area contributed by atoms with E-state index in [0.29, 0.717) is 17.8 Å². The minimum Gasteiger partial charge on any atom is -0.211 e. The average molecular weight is 299 g/mol. The van der Waals surface area contributed by atoms with Gasteiger partial charge in [0.25, 0.3) is 0 Å². The van der Waals surface area contributed by atoms with Crippen molar-refractivity contribution in [1.82, 2.24) is 0 Å². The molecule has 2 saturated carbocycles. The maximum absolute atomic E-state index is 10.9. The normalized spacial score (nSPS) is 41.0. The lowest BCUT2D eigenvalue weighted by atomic mass is 9.48. The fourth-order valence-electron chi connectivity index (χ4n) is 5.61. The molecule has 3 aliphatic carbocycles. The second-order valence-electron chi connectivity index (χ2n) is 8.38. The molecule has 0 aliphatic heterocycles. The molecule has 0 bridgehead atoms. The summed E-state index contributed by atoms with van der Waals surface area (Å²) >= 11 is 0. The minimum absolute atomic E-state index is 0.192. The van der Waals surface area contributed by atoms with Crippen LogP contribution in [-0.2, 0) is 4.79 Å². The molecule has 0 radical (unpaired) electrons. The van der Waals surface area contributed by atoms with Crippen LogP contribution in [0.3, 0.4) is 0 Å². The van der Waals surface area contributed by atoms with Crippen molar-refractivity contribution in [2.45, 2.75) is 71.8 Å². The Kier molecular flexibility index (Phi) is 3.93. The predicted molar refractivity (Wildman–Crippen MR) is 90.3 cm³/mol.